The molecule has 1 unspecified atom stereocenters. The van der Waals surface area contributed by atoms with Crippen molar-refractivity contribution in [2.24, 2.45) is 5.92 Å². The number of rotatable bonds is 2. The van der Waals surface area contributed by atoms with Gasteiger partial charge in [0.25, 0.3) is 0 Å². The summed E-state index contributed by atoms with van der Waals surface area (Å²) in [6, 6.07) is 10.6. The lowest BCUT2D eigenvalue weighted by molar-refractivity contribution is 0.0905. The largest absolute Gasteiger partial charge is 0.294 e. The van der Waals surface area contributed by atoms with Crippen LogP contribution in [-0.2, 0) is 6.42 Å². The van der Waals surface area contributed by atoms with Gasteiger partial charge in [0.15, 0.2) is 5.78 Å². The molecule has 2 aromatic carbocycles. The lowest BCUT2D eigenvalue weighted by Gasteiger charge is -2.24. The first-order valence-electron chi connectivity index (χ1n) is 6.88. The predicted octanol–water partition coefficient (Wildman–Crippen LogP) is 4.47. The third kappa shape index (κ3) is 1.99. The minimum atomic E-state index is 0.122. The summed E-state index contributed by atoms with van der Waals surface area (Å²) >= 11 is 0. The number of carbonyl (C=O) groups excluding carboxylic acids is 1. The number of carbonyl (C=O) groups is 1. The van der Waals surface area contributed by atoms with E-state index in [9.17, 15) is 4.79 Å². The third-order valence-corrected chi connectivity index (χ3v) is 4.09. The van der Waals surface area contributed by atoms with Crippen LogP contribution in [0.1, 0.15) is 34.3 Å². The summed E-state index contributed by atoms with van der Waals surface area (Å²) in [7, 11) is 0. The van der Waals surface area contributed by atoms with Gasteiger partial charge in [-0.25, -0.2) is 0 Å². The fourth-order valence-corrected chi connectivity index (χ4v) is 3.08. The summed E-state index contributed by atoms with van der Waals surface area (Å²) in [6.45, 7) is 5.85. The molecule has 3 rings (SSSR count). The number of Topliss-reactive ketones (excluding diaryl/α,β-unsaturated/α-hetero) is 1. The number of hydrogen-bond acceptors (Lipinski definition) is 1. The Morgan fingerprint density at radius 3 is 2.95 bits per heavy atom. The number of ketones is 1. The number of hydrogen-bond donors (Lipinski definition) is 0. The zero-order chi connectivity index (χ0) is 13.4. The van der Waals surface area contributed by atoms with Gasteiger partial charge in [-0.05, 0) is 42.5 Å². The molecule has 1 aliphatic rings. The van der Waals surface area contributed by atoms with Gasteiger partial charge in [-0.3, -0.25) is 4.79 Å². The van der Waals surface area contributed by atoms with Crippen LogP contribution in [0.2, 0.25) is 0 Å². The molecule has 1 aliphatic carbocycles. The molecule has 2 aromatic rings. The highest BCUT2D eigenvalue weighted by molar-refractivity contribution is 6.11. The highest BCUT2D eigenvalue weighted by atomic mass is 16.1. The van der Waals surface area contributed by atoms with Gasteiger partial charge in [0.2, 0.25) is 0 Å². The number of allylic oxidation sites excluding steroid dienone is 1. The van der Waals surface area contributed by atoms with E-state index in [0.29, 0.717) is 5.78 Å². The van der Waals surface area contributed by atoms with Crippen molar-refractivity contribution in [1.29, 1.82) is 0 Å². The number of aryl methyl sites for hydroxylation is 2. The normalized spacial score (nSPS) is 18.4. The van der Waals surface area contributed by atoms with Crippen molar-refractivity contribution in [2.75, 3.05) is 0 Å². The summed E-state index contributed by atoms with van der Waals surface area (Å²) < 4.78 is 0. The second kappa shape index (κ2) is 4.65. The van der Waals surface area contributed by atoms with Crippen LogP contribution in [-0.4, -0.2) is 5.78 Å². The van der Waals surface area contributed by atoms with Crippen molar-refractivity contribution >= 4 is 16.6 Å². The topological polar surface area (TPSA) is 17.1 Å². The van der Waals surface area contributed by atoms with E-state index >= 15 is 0 Å². The Labute approximate surface area is 113 Å². The molecule has 0 radical (unpaired) electrons. The molecule has 1 heteroatoms. The molecule has 0 heterocycles. The Balaban J connectivity index is 2.20. The fourth-order valence-electron chi connectivity index (χ4n) is 3.08. The van der Waals surface area contributed by atoms with Crippen LogP contribution in [0, 0.1) is 12.8 Å². The van der Waals surface area contributed by atoms with E-state index in [0.717, 1.165) is 30.2 Å². The van der Waals surface area contributed by atoms with E-state index in [1.807, 2.05) is 6.08 Å². The molecule has 0 spiro atoms. The fraction of sp³-hybridized carbons (Fsp3) is 0.278. The van der Waals surface area contributed by atoms with E-state index in [4.69, 9.17) is 0 Å². The van der Waals surface area contributed by atoms with Crippen molar-refractivity contribution in [1.82, 2.24) is 0 Å². The SMILES string of the molecule is C=CCC1CCc2ccc3cc(C)ccc3c2C1=O. The summed E-state index contributed by atoms with van der Waals surface area (Å²) in [5.41, 5.74) is 3.40. The van der Waals surface area contributed by atoms with Gasteiger partial charge in [-0.15, -0.1) is 6.58 Å². The second-order valence-corrected chi connectivity index (χ2v) is 5.45. The Hall–Kier alpha value is -1.89. The number of fused-ring (bicyclic) bond motifs is 3. The predicted molar refractivity (Wildman–Crippen MR) is 79.6 cm³/mol. The summed E-state index contributed by atoms with van der Waals surface area (Å²) in [5, 5.41) is 2.29. The molecule has 96 valence electrons. The first kappa shape index (κ1) is 12.2. The molecule has 0 saturated heterocycles. The van der Waals surface area contributed by atoms with E-state index in [1.165, 1.54) is 16.5 Å². The van der Waals surface area contributed by atoms with Crippen LogP contribution in [0.4, 0.5) is 0 Å². The molecular formula is C18H18O. The molecule has 0 N–H and O–H groups in total. The maximum Gasteiger partial charge on any atom is 0.167 e. The lowest BCUT2D eigenvalue weighted by atomic mass is 9.79. The van der Waals surface area contributed by atoms with Crippen LogP contribution in [0.3, 0.4) is 0 Å². The zero-order valence-electron chi connectivity index (χ0n) is 11.3. The Bertz CT molecular complexity index is 667. The molecule has 0 aliphatic heterocycles. The van der Waals surface area contributed by atoms with Gasteiger partial charge >= 0.3 is 0 Å². The highest BCUT2D eigenvalue weighted by Gasteiger charge is 2.27. The second-order valence-electron chi connectivity index (χ2n) is 5.45. The van der Waals surface area contributed by atoms with Crippen LogP contribution >= 0.6 is 0 Å². The van der Waals surface area contributed by atoms with Gasteiger partial charge in [0.05, 0.1) is 0 Å². The van der Waals surface area contributed by atoms with Crippen molar-refractivity contribution in [3.63, 3.8) is 0 Å². The Morgan fingerprint density at radius 2 is 2.16 bits per heavy atom. The van der Waals surface area contributed by atoms with Gasteiger partial charge in [0, 0.05) is 11.5 Å². The average molecular weight is 250 g/mol. The van der Waals surface area contributed by atoms with Crippen LogP contribution in [0.15, 0.2) is 43.0 Å². The molecule has 1 nitrogen and oxygen atoms in total. The van der Waals surface area contributed by atoms with Gasteiger partial charge < -0.3 is 0 Å². The minimum absolute atomic E-state index is 0.122. The zero-order valence-corrected chi connectivity index (χ0v) is 11.3. The minimum Gasteiger partial charge on any atom is -0.294 e. The van der Waals surface area contributed by atoms with Crippen molar-refractivity contribution in [3.8, 4) is 0 Å². The number of benzene rings is 2. The molecular weight excluding hydrogens is 232 g/mol. The maximum atomic E-state index is 12.7. The molecule has 0 aromatic heterocycles. The highest BCUT2D eigenvalue weighted by Crippen LogP contribution is 2.33. The van der Waals surface area contributed by atoms with E-state index in [1.54, 1.807) is 0 Å². The van der Waals surface area contributed by atoms with Crippen molar-refractivity contribution in [3.05, 3.63) is 59.7 Å². The monoisotopic (exact) mass is 250 g/mol. The Morgan fingerprint density at radius 1 is 1.32 bits per heavy atom. The van der Waals surface area contributed by atoms with E-state index < -0.39 is 0 Å². The standard InChI is InChI=1S/C18H18O/c1-3-4-14-8-6-13-7-9-15-11-12(2)5-10-16(15)17(13)18(14)19/h3,5,7,9-11,14H,1,4,6,8H2,2H3. The molecule has 0 amide bonds. The van der Waals surface area contributed by atoms with Crippen molar-refractivity contribution in [2.45, 2.75) is 26.2 Å². The first-order chi connectivity index (χ1) is 9.20. The van der Waals surface area contributed by atoms with Crippen LogP contribution in [0.5, 0.6) is 0 Å². The molecule has 1 atom stereocenters. The first-order valence-corrected chi connectivity index (χ1v) is 6.88. The van der Waals surface area contributed by atoms with Crippen LogP contribution < -0.4 is 0 Å². The van der Waals surface area contributed by atoms with E-state index in [2.05, 4.69) is 43.8 Å². The molecule has 0 fully saturated rings. The third-order valence-electron chi connectivity index (χ3n) is 4.09. The summed E-state index contributed by atoms with van der Waals surface area (Å²) in [5.74, 6) is 0.424. The summed E-state index contributed by atoms with van der Waals surface area (Å²) in [6.07, 6.45) is 4.61. The average Bonchev–Trinajstić information content (AvgIpc) is 2.41. The quantitative estimate of drug-likeness (QED) is 0.719. The smallest absolute Gasteiger partial charge is 0.167 e. The summed E-state index contributed by atoms with van der Waals surface area (Å²) in [4.78, 5) is 12.7. The molecule has 0 saturated carbocycles. The van der Waals surface area contributed by atoms with Crippen LogP contribution in [0.25, 0.3) is 10.8 Å². The Kier molecular flexibility index (Phi) is 2.98. The van der Waals surface area contributed by atoms with Gasteiger partial charge in [0.1, 0.15) is 0 Å². The van der Waals surface area contributed by atoms with Crippen molar-refractivity contribution < 1.29 is 4.79 Å². The van der Waals surface area contributed by atoms with E-state index in [-0.39, 0.29) is 5.92 Å². The maximum absolute atomic E-state index is 12.7. The van der Waals surface area contributed by atoms with Gasteiger partial charge in [-0.1, -0.05) is 42.0 Å². The molecule has 0 bridgehead atoms. The lowest BCUT2D eigenvalue weighted by Crippen LogP contribution is -2.22. The van der Waals surface area contributed by atoms with Gasteiger partial charge in [-0.2, -0.15) is 0 Å². The molecule has 19 heavy (non-hydrogen) atoms.